The van der Waals surface area contributed by atoms with Gasteiger partial charge in [0.15, 0.2) is 0 Å². The molecule has 0 unspecified atom stereocenters. The molecule has 1 saturated heterocycles. The third kappa shape index (κ3) is 3.11. The van der Waals surface area contributed by atoms with Crippen molar-refractivity contribution in [2.75, 3.05) is 13.7 Å². The number of ether oxygens (including phenoxy) is 1. The van der Waals surface area contributed by atoms with Crippen LogP contribution in [0.2, 0.25) is 0 Å². The van der Waals surface area contributed by atoms with Crippen molar-refractivity contribution in [1.29, 1.82) is 0 Å². The van der Waals surface area contributed by atoms with Crippen LogP contribution in [0.25, 0.3) is 11.8 Å². The van der Waals surface area contributed by atoms with E-state index in [-0.39, 0.29) is 23.8 Å². The fraction of sp³-hybridized carbons (Fsp3) is 0.263. The number of nitro benzene ring substituents is 1. The summed E-state index contributed by atoms with van der Waals surface area (Å²) in [6.07, 6.45) is 1.61. The molecule has 0 radical (unpaired) electrons. The fourth-order valence-electron chi connectivity index (χ4n) is 3.29. The summed E-state index contributed by atoms with van der Waals surface area (Å²) in [6.45, 7) is 5.68. The largest absolute Gasteiger partial charge is 0.495 e. The number of urea groups is 1. The molecule has 0 bridgehead atoms. The first-order valence-corrected chi connectivity index (χ1v) is 8.64. The second-order valence-corrected chi connectivity index (χ2v) is 6.31. The number of rotatable bonds is 5. The maximum Gasteiger partial charge on any atom is 0.328 e. The summed E-state index contributed by atoms with van der Waals surface area (Å²) in [5.41, 5.74) is 2.92. The molecule has 1 aromatic heterocycles. The maximum absolute atomic E-state index is 12.3. The first-order chi connectivity index (χ1) is 13.3. The van der Waals surface area contributed by atoms with E-state index in [0.29, 0.717) is 17.0 Å². The molecule has 1 aliphatic heterocycles. The number of aryl methyl sites for hydroxylation is 1. The molecule has 3 amide bonds. The number of amides is 3. The Labute approximate surface area is 161 Å². The molecular weight excluding hydrogens is 364 g/mol. The Bertz CT molecular complexity index is 1020. The van der Waals surface area contributed by atoms with Gasteiger partial charge in [-0.15, -0.1) is 0 Å². The van der Waals surface area contributed by atoms with Gasteiger partial charge in [0.05, 0.1) is 17.7 Å². The van der Waals surface area contributed by atoms with Crippen LogP contribution in [0.15, 0.2) is 30.0 Å². The molecule has 0 saturated carbocycles. The number of carbonyl (C=O) groups excluding carboxylic acids is 2. The first-order valence-electron chi connectivity index (χ1n) is 8.64. The van der Waals surface area contributed by atoms with Crippen LogP contribution in [0.3, 0.4) is 0 Å². The summed E-state index contributed by atoms with van der Waals surface area (Å²) in [6, 6.07) is 5.76. The Morgan fingerprint density at radius 3 is 2.54 bits per heavy atom. The molecule has 146 valence electrons. The van der Waals surface area contributed by atoms with Gasteiger partial charge in [0.2, 0.25) is 0 Å². The number of hydrogen-bond acceptors (Lipinski definition) is 5. The normalized spacial score (nSPS) is 15.3. The minimum absolute atomic E-state index is 0.0555. The standard InChI is InChI=1S/C19H20N4O5/c1-5-21-18(24)15(20-19(21)25)9-13-8-11(2)22(12(13)3)16-10-14(23(26)27)6-7-17(16)28-4/h6-10H,5H2,1-4H3,(H,20,25)/b15-9+. The number of methoxy groups -OCH3 is 1. The number of aromatic nitrogens is 1. The minimum Gasteiger partial charge on any atom is -0.495 e. The fourth-order valence-corrected chi connectivity index (χ4v) is 3.29. The molecule has 1 aromatic carbocycles. The van der Waals surface area contributed by atoms with Crippen LogP contribution >= 0.6 is 0 Å². The number of imide groups is 1. The van der Waals surface area contributed by atoms with Gasteiger partial charge in [-0.1, -0.05) is 0 Å². The third-order valence-corrected chi connectivity index (χ3v) is 4.66. The van der Waals surface area contributed by atoms with E-state index in [1.165, 1.54) is 19.2 Å². The van der Waals surface area contributed by atoms with Crippen LogP contribution < -0.4 is 10.1 Å². The van der Waals surface area contributed by atoms with Crippen LogP contribution in [-0.2, 0) is 4.79 Å². The van der Waals surface area contributed by atoms with E-state index in [0.717, 1.165) is 16.3 Å². The molecule has 0 atom stereocenters. The minimum atomic E-state index is -0.466. The highest BCUT2D eigenvalue weighted by Gasteiger charge is 2.32. The molecule has 9 heteroatoms. The third-order valence-electron chi connectivity index (χ3n) is 4.66. The lowest BCUT2D eigenvalue weighted by Crippen LogP contribution is -2.30. The van der Waals surface area contributed by atoms with E-state index in [4.69, 9.17) is 4.74 Å². The molecule has 0 aliphatic carbocycles. The Morgan fingerprint density at radius 2 is 1.96 bits per heavy atom. The predicted octanol–water partition coefficient (Wildman–Crippen LogP) is 2.92. The highest BCUT2D eigenvalue weighted by molar-refractivity contribution is 6.14. The highest BCUT2D eigenvalue weighted by Crippen LogP contribution is 2.32. The molecule has 28 heavy (non-hydrogen) atoms. The second-order valence-electron chi connectivity index (χ2n) is 6.31. The molecule has 1 aliphatic rings. The number of nitrogens with one attached hydrogen (secondary N) is 1. The molecular formula is C19H20N4O5. The van der Waals surface area contributed by atoms with Crippen molar-refractivity contribution in [2.24, 2.45) is 0 Å². The van der Waals surface area contributed by atoms with Crippen LogP contribution in [0.4, 0.5) is 10.5 Å². The molecule has 3 rings (SSSR count). The molecule has 0 spiro atoms. The Balaban J connectivity index is 2.11. The van der Waals surface area contributed by atoms with E-state index >= 15 is 0 Å². The molecule has 1 fully saturated rings. The van der Waals surface area contributed by atoms with Crippen molar-refractivity contribution in [3.8, 4) is 11.4 Å². The number of nitrogens with zero attached hydrogens (tertiary/aromatic N) is 3. The zero-order valence-corrected chi connectivity index (χ0v) is 16.0. The zero-order valence-electron chi connectivity index (χ0n) is 16.0. The van der Waals surface area contributed by atoms with Crippen molar-refractivity contribution >= 4 is 23.7 Å². The van der Waals surface area contributed by atoms with Crippen LogP contribution in [0.5, 0.6) is 5.75 Å². The molecule has 2 aromatic rings. The van der Waals surface area contributed by atoms with Gasteiger partial charge in [-0.3, -0.25) is 19.8 Å². The lowest BCUT2D eigenvalue weighted by Gasteiger charge is -2.13. The summed E-state index contributed by atoms with van der Waals surface area (Å²) in [4.78, 5) is 36.0. The van der Waals surface area contributed by atoms with Crippen molar-refractivity contribution in [2.45, 2.75) is 20.8 Å². The Kier molecular flexibility index (Phi) is 4.91. The zero-order chi connectivity index (χ0) is 20.6. The summed E-state index contributed by atoms with van der Waals surface area (Å²) in [7, 11) is 1.49. The monoisotopic (exact) mass is 384 g/mol. The van der Waals surface area contributed by atoms with Gasteiger partial charge >= 0.3 is 6.03 Å². The SMILES string of the molecule is CCN1C(=O)N/C(=C/c2cc(C)n(-c3cc([N+](=O)[O-])ccc3OC)c2C)C1=O. The second kappa shape index (κ2) is 7.18. The van der Waals surface area contributed by atoms with E-state index in [9.17, 15) is 19.7 Å². The molecule has 2 heterocycles. The Hall–Kier alpha value is -3.62. The van der Waals surface area contributed by atoms with E-state index in [2.05, 4.69) is 5.32 Å². The van der Waals surface area contributed by atoms with E-state index in [1.807, 2.05) is 24.5 Å². The lowest BCUT2D eigenvalue weighted by atomic mass is 10.2. The summed E-state index contributed by atoms with van der Waals surface area (Å²) in [5, 5.41) is 13.7. The number of nitro groups is 1. The number of benzene rings is 1. The Morgan fingerprint density at radius 1 is 1.25 bits per heavy atom. The van der Waals surface area contributed by atoms with E-state index in [1.54, 1.807) is 19.1 Å². The van der Waals surface area contributed by atoms with Crippen molar-refractivity contribution in [3.63, 3.8) is 0 Å². The number of non-ortho nitro benzene ring substituents is 1. The van der Waals surface area contributed by atoms with Crippen molar-refractivity contribution < 1.29 is 19.2 Å². The topological polar surface area (TPSA) is 107 Å². The van der Waals surface area contributed by atoms with Gasteiger partial charge in [-0.2, -0.15) is 0 Å². The number of carbonyl (C=O) groups is 2. The molecule has 1 N–H and O–H groups in total. The number of likely N-dealkylation sites (N-methyl/N-ethyl adjacent to an activating group) is 1. The van der Waals surface area contributed by atoms with Crippen LogP contribution in [0.1, 0.15) is 23.9 Å². The average molecular weight is 384 g/mol. The van der Waals surface area contributed by atoms with Gasteiger partial charge in [0.25, 0.3) is 11.6 Å². The highest BCUT2D eigenvalue weighted by atomic mass is 16.6. The van der Waals surface area contributed by atoms with Gasteiger partial charge < -0.3 is 14.6 Å². The quantitative estimate of drug-likeness (QED) is 0.369. The van der Waals surface area contributed by atoms with Gasteiger partial charge in [-0.25, -0.2) is 4.79 Å². The summed E-state index contributed by atoms with van der Waals surface area (Å²) < 4.78 is 7.19. The van der Waals surface area contributed by atoms with Crippen LogP contribution in [0, 0.1) is 24.0 Å². The smallest absolute Gasteiger partial charge is 0.328 e. The van der Waals surface area contributed by atoms with Gasteiger partial charge in [0, 0.05) is 30.1 Å². The van der Waals surface area contributed by atoms with Gasteiger partial charge in [0.1, 0.15) is 11.4 Å². The lowest BCUT2D eigenvalue weighted by molar-refractivity contribution is -0.384. The average Bonchev–Trinajstić information content (AvgIpc) is 3.09. The van der Waals surface area contributed by atoms with Crippen molar-refractivity contribution in [3.05, 3.63) is 57.0 Å². The van der Waals surface area contributed by atoms with Crippen molar-refractivity contribution in [1.82, 2.24) is 14.8 Å². The van der Waals surface area contributed by atoms with Crippen LogP contribution in [-0.4, -0.2) is 40.0 Å². The van der Waals surface area contributed by atoms with E-state index < -0.39 is 11.0 Å². The number of hydrogen-bond donors (Lipinski definition) is 1. The summed E-state index contributed by atoms with van der Waals surface area (Å²) >= 11 is 0. The maximum atomic E-state index is 12.3. The summed E-state index contributed by atoms with van der Waals surface area (Å²) in [5.74, 6) is 0.0965. The molecule has 9 nitrogen and oxygen atoms in total. The first kappa shape index (κ1) is 19.2. The predicted molar refractivity (Wildman–Crippen MR) is 102 cm³/mol. The van der Waals surface area contributed by atoms with Gasteiger partial charge in [-0.05, 0) is 44.5 Å².